The fourth-order valence-corrected chi connectivity index (χ4v) is 2.25. The van der Waals surface area contributed by atoms with Crippen LogP contribution in [0.1, 0.15) is 18.4 Å². The zero-order chi connectivity index (χ0) is 16.8. The highest BCUT2D eigenvalue weighted by Gasteiger charge is 2.00. The Balaban J connectivity index is 2.07. The number of hydrogen-bond acceptors (Lipinski definition) is 3. The normalized spacial score (nSPS) is 11.5. The number of ether oxygens (including phenoxy) is 2. The van der Waals surface area contributed by atoms with E-state index < -0.39 is 0 Å². The van der Waals surface area contributed by atoms with Crippen LogP contribution in [-0.4, -0.2) is 53.0 Å². The van der Waals surface area contributed by atoms with Gasteiger partial charge in [0.1, 0.15) is 0 Å². The minimum Gasteiger partial charge on any atom is -0.382 e. The predicted molar refractivity (Wildman–Crippen MR) is 96.4 cm³/mol. The lowest BCUT2D eigenvalue weighted by Crippen LogP contribution is -2.38. The van der Waals surface area contributed by atoms with E-state index in [2.05, 4.69) is 15.6 Å². The van der Waals surface area contributed by atoms with Crippen LogP contribution in [0, 0.1) is 0 Å². The van der Waals surface area contributed by atoms with Gasteiger partial charge in [-0.05, 0) is 30.9 Å². The van der Waals surface area contributed by atoms with E-state index in [1.165, 1.54) is 0 Å². The van der Waals surface area contributed by atoms with Gasteiger partial charge in [0, 0.05) is 38.9 Å². The van der Waals surface area contributed by atoms with Crippen molar-refractivity contribution in [2.75, 3.05) is 47.1 Å². The first-order valence-corrected chi connectivity index (χ1v) is 8.40. The van der Waals surface area contributed by atoms with Crippen molar-refractivity contribution in [1.82, 2.24) is 10.6 Å². The number of aliphatic imine (C=N–C) groups is 1. The van der Waals surface area contributed by atoms with Crippen LogP contribution in [0.3, 0.4) is 0 Å². The van der Waals surface area contributed by atoms with E-state index in [1.807, 2.05) is 24.3 Å². The predicted octanol–water partition coefficient (Wildman–Crippen LogP) is 2.49. The number of nitrogens with zero attached hydrogens (tertiary/aromatic N) is 1. The Hall–Kier alpha value is -1.30. The molecule has 0 atom stereocenters. The lowest BCUT2D eigenvalue weighted by molar-refractivity contribution is 0.0689. The van der Waals surface area contributed by atoms with Gasteiger partial charge in [0.2, 0.25) is 0 Å². The molecule has 0 radical (unpaired) electrons. The second-order valence-electron chi connectivity index (χ2n) is 5.08. The molecule has 1 aromatic rings. The third kappa shape index (κ3) is 9.43. The Kier molecular flexibility index (Phi) is 11.3. The lowest BCUT2D eigenvalue weighted by atomic mass is 10.1. The van der Waals surface area contributed by atoms with E-state index in [4.69, 9.17) is 21.1 Å². The topological polar surface area (TPSA) is 54.9 Å². The molecule has 0 saturated carbocycles. The Labute approximate surface area is 144 Å². The van der Waals surface area contributed by atoms with Crippen molar-refractivity contribution < 1.29 is 9.47 Å². The molecule has 0 unspecified atom stereocenters. The van der Waals surface area contributed by atoms with Crippen LogP contribution in [0.4, 0.5) is 0 Å². The van der Waals surface area contributed by atoms with E-state index in [0.717, 1.165) is 55.5 Å². The molecular formula is C17H28ClN3O2. The largest absolute Gasteiger partial charge is 0.382 e. The molecule has 130 valence electrons. The summed E-state index contributed by atoms with van der Waals surface area (Å²) in [6.07, 6.45) is 2.93. The highest BCUT2D eigenvalue weighted by molar-refractivity contribution is 6.31. The summed E-state index contributed by atoms with van der Waals surface area (Å²) in [5, 5.41) is 7.41. The van der Waals surface area contributed by atoms with Crippen LogP contribution in [0.25, 0.3) is 0 Å². The first-order chi connectivity index (χ1) is 11.3. The second kappa shape index (κ2) is 13.2. The van der Waals surface area contributed by atoms with Gasteiger partial charge in [-0.1, -0.05) is 29.8 Å². The SMILES string of the molecule is CN=C(NCCCCOCCOC)NCCc1ccccc1Cl. The minimum atomic E-state index is 0.653. The van der Waals surface area contributed by atoms with E-state index in [-0.39, 0.29) is 0 Å². The van der Waals surface area contributed by atoms with Crippen LogP contribution >= 0.6 is 11.6 Å². The van der Waals surface area contributed by atoms with Gasteiger partial charge in [-0.15, -0.1) is 0 Å². The molecule has 0 aliphatic carbocycles. The van der Waals surface area contributed by atoms with Crippen LogP contribution in [-0.2, 0) is 15.9 Å². The van der Waals surface area contributed by atoms with Gasteiger partial charge >= 0.3 is 0 Å². The van der Waals surface area contributed by atoms with Crippen molar-refractivity contribution in [3.05, 3.63) is 34.9 Å². The molecule has 0 spiro atoms. The summed E-state index contributed by atoms with van der Waals surface area (Å²) in [5.74, 6) is 0.817. The first-order valence-electron chi connectivity index (χ1n) is 8.02. The van der Waals surface area contributed by atoms with Crippen molar-refractivity contribution in [2.45, 2.75) is 19.3 Å². The summed E-state index contributed by atoms with van der Waals surface area (Å²) in [6, 6.07) is 7.91. The molecule has 1 rings (SSSR count). The van der Waals surface area contributed by atoms with Crippen LogP contribution in [0.5, 0.6) is 0 Å². The molecule has 1 aromatic carbocycles. The molecule has 5 nitrogen and oxygen atoms in total. The molecule has 0 saturated heterocycles. The molecule has 6 heteroatoms. The Morgan fingerprint density at radius 3 is 2.61 bits per heavy atom. The molecule has 23 heavy (non-hydrogen) atoms. The second-order valence-corrected chi connectivity index (χ2v) is 5.49. The molecule has 0 aliphatic heterocycles. The molecule has 0 heterocycles. The number of benzene rings is 1. The zero-order valence-electron chi connectivity index (χ0n) is 14.1. The third-order valence-electron chi connectivity index (χ3n) is 3.31. The summed E-state index contributed by atoms with van der Waals surface area (Å²) < 4.78 is 10.3. The molecule has 0 fully saturated rings. The van der Waals surface area contributed by atoms with Gasteiger partial charge in [-0.25, -0.2) is 0 Å². The maximum atomic E-state index is 6.14. The zero-order valence-corrected chi connectivity index (χ0v) is 14.9. The summed E-state index contributed by atoms with van der Waals surface area (Å²) in [7, 11) is 3.45. The molecule has 0 aromatic heterocycles. The molecule has 0 bridgehead atoms. The quantitative estimate of drug-likeness (QED) is 0.369. The van der Waals surface area contributed by atoms with E-state index in [1.54, 1.807) is 14.2 Å². The van der Waals surface area contributed by atoms with Crippen molar-refractivity contribution in [1.29, 1.82) is 0 Å². The highest BCUT2D eigenvalue weighted by Crippen LogP contribution is 2.14. The number of rotatable bonds is 11. The van der Waals surface area contributed by atoms with E-state index in [0.29, 0.717) is 13.2 Å². The molecule has 0 aliphatic rings. The summed E-state index contributed by atoms with van der Waals surface area (Å²) in [5.41, 5.74) is 1.14. The number of methoxy groups -OCH3 is 1. The standard InChI is InChI=1S/C17H28ClN3O2/c1-19-17(20-10-5-6-12-23-14-13-22-2)21-11-9-15-7-3-4-8-16(15)18/h3-4,7-8H,5-6,9-14H2,1-2H3,(H2,19,20,21). The first kappa shape index (κ1) is 19.7. The summed E-state index contributed by atoms with van der Waals surface area (Å²) in [4.78, 5) is 4.21. The Bertz CT molecular complexity index is 455. The van der Waals surface area contributed by atoms with Crippen LogP contribution in [0.2, 0.25) is 5.02 Å². The third-order valence-corrected chi connectivity index (χ3v) is 3.68. The number of hydrogen-bond donors (Lipinski definition) is 2. The van der Waals surface area contributed by atoms with E-state index >= 15 is 0 Å². The lowest BCUT2D eigenvalue weighted by Gasteiger charge is -2.12. The van der Waals surface area contributed by atoms with Crippen molar-refractivity contribution in [2.24, 2.45) is 4.99 Å². The van der Waals surface area contributed by atoms with Gasteiger partial charge < -0.3 is 20.1 Å². The average molecular weight is 342 g/mol. The van der Waals surface area contributed by atoms with Crippen LogP contribution in [0.15, 0.2) is 29.3 Å². The molecule has 0 amide bonds. The summed E-state index contributed by atoms with van der Waals surface area (Å²) in [6.45, 7) is 3.75. The monoisotopic (exact) mass is 341 g/mol. The maximum Gasteiger partial charge on any atom is 0.190 e. The molecule has 2 N–H and O–H groups in total. The van der Waals surface area contributed by atoms with Crippen molar-refractivity contribution in [3.63, 3.8) is 0 Å². The van der Waals surface area contributed by atoms with Gasteiger partial charge in [-0.3, -0.25) is 4.99 Å². The van der Waals surface area contributed by atoms with Crippen LogP contribution < -0.4 is 10.6 Å². The maximum absolute atomic E-state index is 6.14. The van der Waals surface area contributed by atoms with Crippen molar-refractivity contribution >= 4 is 17.6 Å². The Morgan fingerprint density at radius 1 is 1.09 bits per heavy atom. The Morgan fingerprint density at radius 2 is 1.87 bits per heavy atom. The highest BCUT2D eigenvalue weighted by atomic mass is 35.5. The smallest absolute Gasteiger partial charge is 0.190 e. The summed E-state index contributed by atoms with van der Waals surface area (Å²) >= 11 is 6.14. The fraction of sp³-hybridized carbons (Fsp3) is 0.588. The van der Waals surface area contributed by atoms with Gasteiger partial charge in [0.05, 0.1) is 13.2 Å². The van der Waals surface area contributed by atoms with E-state index in [9.17, 15) is 0 Å². The number of unbranched alkanes of at least 4 members (excludes halogenated alkanes) is 1. The van der Waals surface area contributed by atoms with Gasteiger partial charge in [0.25, 0.3) is 0 Å². The fourth-order valence-electron chi connectivity index (χ4n) is 2.02. The number of halogens is 1. The minimum absolute atomic E-state index is 0.653. The van der Waals surface area contributed by atoms with Crippen molar-refractivity contribution in [3.8, 4) is 0 Å². The average Bonchev–Trinajstić information content (AvgIpc) is 2.57. The van der Waals surface area contributed by atoms with Gasteiger partial charge in [-0.2, -0.15) is 0 Å². The van der Waals surface area contributed by atoms with Gasteiger partial charge in [0.15, 0.2) is 5.96 Å². The molecular weight excluding hydrogens is 314 g/mol. The number of guanidine groups is 1. The number of nitrogens with one attached hydrogen (secondary N) is 2.